The molecule has 0 saturated heterocycles. The van der Waals surface area contributed by atoms with Crippen molar-refractivity contribution in [3.63, 3.8) is 0 Å². The Hall–Kier alpha value is -1.51. The average Bonchev–Trinajstić information content (AvgIpc) is 2.30. The van der Waals surface area contributed by atoms with E-state index in [9.17, 15) is 0 Å². The van der Waals surface area contributed by atoms with Crippen LogP contribution in [0.4, 0.5) is 0 Å². The van der Waals surface area contributed by atoms with Gasteiger partial charge in [-0.2, -0.15) is 0 Å². The van der Waals surface area contributed by atoms with Crippen LogP contribution in [0, 0.1) is 6.92 Å². The number of aryl methyl sites for hydroxylation is 1. The average molecular weight is 235 g/mol. The van der Waals surface area contributed by atoms with Gasteiger partial charge >= 0.3 is 0 Å². The molecule has 3 heteroatoms. The molecule has 1 rings (SSSR count). The third-order valence-corrected chi connectivity index (χ3v) is 2.70. The molecule has 1 unspecified atom stereocenters. The molecule has 0 heterocycles. The number of nitrogens with zero attached hydrogens (tertiary/aromatic N) is 1. The van der Waals surface area contributed by atoms with Crippen LogP contribution in [0.25, 0.3) is 0 Å². The fourth-order valence-corrected chi connectivity index (χ4v) is 1.77. The number of hydrogen-bond acceptors (Lipinski definition) is 3. The third kappa shape index (κ3) is 3.77. The van der Waals surface area contributed by atoms with Gasteiger partial charge in [-0.05, 0) is 39.3 Å². The molecule has 1 aromatic rings. The zero-order valence-corrected chi connectivity index (χ0v) is 11.0. The van der Waals surface area contributed by atoms with Gasteiger partial charge in [-0.25, -0.2) is 0 Å². The molecule has 0 aliphatic heterocycles. The maximum Gasteiger partial charge on any atom is 0.128 e. The number of hydrogen-bond donors (Lipinski definition) is 1. The van der Waals surface area contributed by atoms with Crippen LogP contribution in [0.3, 0.4) is 0 Å². The van der Waals surface area contributed by atoms with Crippen molar-refractivity contribution in [3.8, 4) is 5.75 Å². The van der Waals surface area contributed by atoms with Crippen LogP contribution in [0.2, 0.25) is 0 Å². The fourth-order valence-electron chi connectivity index (χ4n) is 1.77. The third-order valence-electron chi connectivity index (χ3n) is 2.70. The minimum absolute atomic E-state index is 0.174. The van der Waals surface area contributed by atoms with Crippen LogP contribution >= 0.6 is 0 Å². The lowest BCUT2D eigenvalue weighted by atomic mass is 10.1. The van der Waals surface area contributed by atoms with Gasteiger partial charge in [0.1, 0.15) is 5.75 Å². The summed E-state index contributed by atoms with van der Waals surface area (Å²) >= 11 is 0. The van der Waals surface area contributed by atoms with Gasteiger partial charge in [-0.3, -0.25) is 0 Å². The first-order valence-corrected chi connectivity index (χ1v) is 6.04. The fraction of sp³-hybridized carbons (Fsp3) is 0.500. The summed E-state index contributed by atoms with van der Waals surface area (Å²) in [6.45, 7) is 7.97. The molecule has 17 heavy (non-hydrogen) atoms. The van der Waals surface area contributed by atoms with E-state index in [1.54, 1.807) is 6.92 Å². The van der Waals surface area contributed by atoms with Gasteiger partial charge in [0.05, 0.1) is 11.8 Å². The van der Waals surface area contributed by atoms with E-state index in [1.165, 1.54) is 0 Å². The van der Waals surface area contributed by atoms with E-state index in [0.717, 1.165) is 29.7 Å². The Morgan fingerprint density at radius 2 is 2.18 bits per heavy atom. The molecule has 0 aliphatic carbocycles. The minimum atomic E-state index is 0.174. The van der Waals surface area contributed by atoms with Crippen molar-refractivity contribution in [1.29, 1.82) is 0 Å². The van der Waals surface area contributed by atoms with E-state index in [-0.39, 0.29) is 6.10 Å². The highest BCUT2D eigenvalue weighted by atomic mass is 16.5. The number of oxime groups is 1. The van der Waals surface area contributed by atoms with Crippen molar-refractivity contribution in [2.75, 3.05) is 0 Å². The Morgan fingerprint density at radius 1 is 1.47 bits per heavy atom. The predicted molar refractivity (Wildman–Crippen MR) is 70.2 cm³/mol. The lowest BCUT2D eigenvalue weighted by Crippen LogP contribution is -2.13. The van der Waals surface area contributed by atoms with E-state index >= 15 is 0 Å². The molecule has 3 nitrogen and oxygen atoms in total. The van der Waals surface area contributed by atoms with Gasteiger partial charge < -0.3 is 9.94 Å². The smallest absolute Gasteiger partial charge is 0.128 e. The largest absolute Gasteiger partial charge is 0.490 e. The SMILES string of the molecule is CCCC(C)Oc1ccc(C)cc1/C(C)=N/O. The van der Waals surface area contributed by atoms with E-state index in [4.69, 9.17) is 9.94 Å². The van der Waals surface area contributed by atoms with Crippen molar-refractivity contribution < 1.29 is 9.94 Å². The van der Waals surface area contributed by atoms with Crippen molar-refractivity contribution in [1.82, 2.24) is 0 Å². The normalized spacial score (nSPS) is 13.5. The summed E-state index contributed by atoms with van der Waals surface area (Å²) in [5.74, 6) is 0.784. The van der Waals surface area contributed by atoms with E-state index in [1.807, 2.05) is 25.1 Å². The second kappa shape index (κ2) is 6.28. The maximum absolute atomic E-state index is 8.87. The van der Waals surface area contributed by atoms with Crippen LogP contribution in [-0.4, -0.2) is 17.0 Å². The van der Waals surface area contributed by atoms with Crippen molar-refractivity contribution in [2.45, 2.75) is 46.6 Å². The predicted octanol–water partition coefficient (Wildman–Crippen LogP) is 3.76. The summed E-state index contributed by atoms with van der Waals surface area (Å²) < 4.78 is 5.87. The molecule has 94 valence electrons. The second-order valence-electron chi connectivity index (χ2n) is 4.40. The van der Waals surface area contributed by atoms with Crippen molar-refractivity contribution in [3.05, 3.63) is 29.3 Å². The zero-order valence-electron chi connectivity index (χ0n) is 11.0. The molecule has 0 aromatic heterocycles. The summed E-state index contributed by atoms with van der Waals surface area (Å²) in [5.41, 5.74) is 2.56. The molecule has 0 fully saturated rings. The van der Waals surface area contributed by atoms with Gasteiger partial charge in [0.25, 0.3) is 0 Å². The molecule has 0 radical (unpaired) electrons. The molecular weight excluding hydrogens is 214 g/mol. The standard InChI is InChI=1S/C14H21NO2/c1-5-6-11(3)17-14-8-7-10(2)9-13(14)12(4)15-16/h7-9,11,16H,5-6H2,1-4H3/b15-12+. The summed E-state index contributed by atoms with van der Waals surface area (Å²) in [5, 5.41) is 12.1. The highest BCUT2D eigenvalue weighted by molar-refractivity contribution is 6.00. The molecule has 0 saturated carbocycles. The van der Waals surface area contributed by atoms with Gasteiger partial charge in [0.15, 0.2) is 0 Å². The van der Waals surface area contributed by atoms with Gasteiger partial charge in [-0.15, -0.1) is 0 Å². The zero-order chi connectivity index (χ0) is 12.8. The van der Waals surface area contributed by atoms with Gasteiger partial charge in [0, 0.05) is 5.56 Å². The Bertz CT molecular complexity index is 399. The lowest BCUT2D eigenvalue weighted by molar-refractivity contribution is 0.209. The van der Waals surface area contributed by atoms with Crippen LogP contribution < -0.4 is 4.74 Å². The van der Waals surface area contributed by atoms with Crippen LogP contribution in [0.15, 0.2) is 23.4 Å². The van der Waals surface area contributed by atoms with E-state index < -0.39 is 0 Å². The first-order chi connectivity index (χ1) is 8.08. The number of ether oxygens (including phenoxy) is 1. The Balaban J connectivity index is 2.98. The first-order valence-electron chi connectivity index (χ1n) is 6.04. The molecule has 0 aliphatic rings. The van der Waals surface area contributed by atoms with Gasteiger partial charge in [0.2, 0.25) is 0 Å². The number of rotatable bonds is 5. The highest BCUT2D eigenvalue weighted by Crippen LogP contribution is 2.23. The lowest BCUT2D eigenvalue weighted by Gasteiger charge is -2.17. The van der Waals surface area contributed by atoms with Crippen molar-refractivity contribution in [2.24, 2.45) is 5.16 Å². The van der Waals surface area contributed by atoms with Crippen LogP contribution in [0.1, 0.15) is 44.7 Å². The Morgan fingerprint density at radius 3 is 2.76 bits per heavy atom. The first kappa shape index (κ1) is 13.6. The monoisotopic (exact) mass is 235 g/mol. The molecule has 0 amide bonds. The molecule has 0 bridgehead atoms. The Labute approximate surface area is 103 Å². The van der Waals surface area contributed by atoms with Gasteiger partial charge in [-0.1, -0.05) is 30.1 Å². The minimum Gasteiger partial charge on any atom is -0.490 e. The Kier molecular flexibility index (Phi) is 5.01. The highest BCUT2D eigenvalue weighted by Gasteiger charge is 2.10. The van der Waals surface area contributed by atoms with E-state index in [0.29, 0.717) is 5.71 Å². The summed E-state index contributed by atoms with van der Waals surface area (Å²) in [6.07, 6.45) is 2.28. The molecule has 0 spiro atoms. The topological polar surface area (TPSA) is 41.8 Å². The second-order valence-corrected chi connectivity index (χ2v) is 4.40. The summed E-state index contributed by atoms with van der Waals surface area (Å²) in [4.78, 5) is 0. The number of benzene rings is 1. The quantitative estimate of drug-likeness (QED) is 0.479. The van der Waals surface area contributed by atoms with Crippen LogP contribution in [0.5, 0.6) is 5.75 Å². The molecule has 1 N–H and O–H groups in total. The maximum atomic E-state index is 8.87. The van der Waals surface area contributed by atoms with Crippen LogP contribution in [-0.2, 0) is 0 Å². The molecule has 1 atom stereocenters. The summed E-state index contributed by atoms with van der Waals surface area (Å²) in [7, 11) is 0. The van der Waals surface area contributed by atoms with E-state index in [2.05, 4.69) is 19.0 Å². The molecule has 1 aromatic carbocycles. The molecular formula is C14H21NO2. The summed E-state index contributed by atoms with van der Waals surface area (Å²) in [6, 6.07) is 5.91. The van der Waals surface area contributed by atoms with Crippen molar-refractivity contribution >= 4 is 5.71 Å².